The molecule has 1 aromatic carbocycles. The molecule has 0 radical (unpaired) electrons. The first-order valence-electron chi connectivity index (χ1n) is 6.68. The van der Waals surface area contributed by atoms with Crippen molar-refractivity contribution in [2.75, 3.05) is 6.61 Å². The van der Waals surface area contributed by atoms with Crippen molar-refractivity contribution < 1.29 is 18.6 Å². The monoisotopic (exact) mass is 367 g/mol. The fourth-order valence-electron chi connectivity index (χ4n) is 1.37. The van der Waals surface area contributed by atoms with Crippen LogP contribution in [0.15, 0.2) is 24.3 Å². The number of ether oxygens (including phenoxy) is 1. The van der Waals surface area contributed by atoms with Gasteiger partial charge in [0.25, 0.3) is 0 Å². The molecule has 8 heteroatoms. The van der Waals surface area contributed by atoms with Gasteiger partial charge in [-0.15, -0.1) is 0 Å². The van der Waals surface area contributed by atoms with Crippen LogP contribution >= 0.6 is 29.7 Å². The van der Waals surface area contributed by atoms with Crippen molar-refractivity contribution in [3.63, 3.8) is 0 Å². The second-order valence-corrected chi connectivity index (χ2v) is 9.16. The van der Waals surface area contributed by atoms with Crippen LogP contribution in [-0.2, 0) is 14.1 Å². The summed E-state index contributed by atoms with van der Waals surface area (Å²) < 4.78 is 22.5. The number of carbonyl (C=O) groups is 1. The van der Waals surface area contributed by atoms with E-state index >= 15 is 0 Å². The lowest BCUT2D eigenvalue weighted by Gasteiger charge is -2.21. The lowest BCUT2D eigenvalue weighted by molar-refractivity contribution is -0.147. The molecule has 1 N–H and O–H groups in total. The Labute approximate surface area is 140 Å². The van der Waals surface area contributed by atoms with Crippen LogP contribution in [-0.4, -0.2) is 18.6 Å². The van der Waals surface area contributed by atoms with Crippen LogP contribution in [0.5, 0.6) is 5.75 Å². The van der Waals surface area contributed by atoms with Crippen LogP contribution in [0.4, 0.5) is 0 Å². The van der Waals surface area contributed by atoms with Gasteiger partial charge in [-0.3, -0.25) is 4.79 Å². The maximum atomic E-state index is 12.2. The number of rotatable bonds is 6. The van der Waals surface area contributed by atoms with E-state index in [1.165, 1.54) is 13.0 Å². The number of nitrogens with one attached hydrogen (secondary N) is 1. The topological polar surface area (TPSA) is 64.6 Å². The van der Waals surface area contributed by atoms with E-state index in [1.807, 2.05) is 20.8 Å². The molecule has 0 heterocycles. The highest BCUT2D eigenvalue weighted by Gasteiger charge is 2.29. The molecular formula is C14H20Cl2NO4P. The maximum Gasteiger partial charge on any atom is 0.409 e. The Morgan fingerprint density at radius 3 is 2.50 bits per heavy atom. The summed E-state index contributed by atoms with van der Waals surface area (Å²) in [6, 6.07) is 5.59. The molecule has 0 aromatic heterocycles. The lowest BCUT2D eigenvalue weighted by Crippen LogP contribution is -2.35. The maximum absolute atomic E-state index is 12.2. The fourth-order valence-corrected chi connectivity index (χ4v) is 3.29. The molecule has 22 heavy (non-hydrogen) atoms. The van der Waals surface area contributed by atoms with Crippen molar-refractivity contribution in [3.05, 3.63) is 29.3 Å². The molecule has 0 saturated heterocycles. The Kier molecular flexibility index (Phi) is 6.75. The van der Waals surface area contributed by atoms with E-state index in [1.54, 1.807) is 18.2 Å². The van der Waals surface area contributed by atoms with Crippen molar-refractivity contribution in [2.24, 2.45) is 5.41 Å². The number of hydrogen-bond donors (Lipinski definition) is 1. The van der Waals surface area contributed by atoms with E-state index < -0.39 is 18.9 Å². The Hall–Kier alpha value is -0.740. The van der Waals surface area contributed by atoms with Gasteiger partial charge in [-0.25, -0.2) is 9.65 Å². The standard InChI is InChI=1S/C14H20Cl2NO4P/c1-10(13(18)20-9-14(2,3)4)17-22(16,19)21-12-8-6-5-7-11(12)15/h5-8,10H,9H2,1-4H3,(H,17,19). The van der Waals surface area contributed by atoms with E-state index in [-0.39, 0.29) is 22.8 Å². The predicted octanol–water partition coefficient (Wildman–Crippen LogP) is 4.63. The summed E-state index contributed by atoms with van der Waals surface area (Å²) in [6.45, 7) is 3.77. The summed E-state index contributed by atoms with van der Waals surface area (Å²) >= 11 is 11.7. The molecule has 0 aliphatic rings. The molecule has 2 atom stereocenters. The highest BCUT2D eigenvalue weighted by Crippen LogP contribution is 2.50. The lowest BCUT2D eigenvalue weighted by atomic mass is 9.99. The van der Waals surface area contributed by atoms with Crippen molar-refractivity contribution in [1.82, 2.24) is 5.09 Å². The fraction of sp³-hybridized carbons (Fsp3) is 0.500. The third kappa shape index (κ3) is 7.01. The van der Waals surface area contributed by atoms with Gasteiger partial charge in [-0.05, 0) is 24.5 Å². The van der Waals surface area contributed by atoms with E-state index in [2.05, 4.69) is 5.09 Å². The number of benzene rings is 1. The second-order valence-electron chi connectivity index (χ2n) is 6.02. The average Bonchev–Trinajstić information content (AvgIpc) is 2.37. The van der Waals surface area contributed by atoms with Crippen LogP contribution < -0.4 is 9.61 Å². The zero-order chi connectivity index (χ0) is 17.0. The molecule has 0 saturated carbocycles. The normalized spacial score (nSPS) is 15.7. The largest absolute Gasteiger partial charge is 0.464 e. The van der Waals surface area contributed by atoms with Crippen LogP contribution in [0, 0.1) is 5.41 Å². The van der Waals surface area contributed by atoms with Crippen molar-refractivity contribution >= 4 is 35.7 Å². The third-order valence-corrected chi connectivity index (χ3v) is 4.34. The summed E-state index contributed by atoms with van der Waals surface area (Å²) in [5, 5.41) is 2.70. The Morgan fingerprint density at radius 1 is 1.36 bits per heavy atom. The number of para-hydroxylation sites is 1. The molecule has 0 aliphatic heterocycles. The van der Waals surface area contributed by atoms with E-state index in [4.69, 9.17) is 32.1 Å². The zero-order valence-corrected chi connectivity index (χ0v) is 15.3. The summed E-state index contributed by atoms with van der Waals surface area (Å²) in [7, 11) is 0. The summed E-state index contributed by atoms with van der Waals surface area (Å²) in [4.78, 5) is 11.8. The molecule has 124 valence electrons. The number of halogens is 2. The Balaban J connectivity index is 2.62. The average molecular weight is 368 g/mol. The molecule has 0 fully saturated rings. The molecule has 1 aromatic rings. The van der Waals surface area contributed by atoms with Gasteiger partial charge in [0.15, 0.2) is 0 Å². The molecular weight excluding hydrogens is 348 g/mol. The van der Waals surface area contributed by atoms with E-state index in [0.717, 1.165) is 0 Å². The summed E-state index contributed by atoms with van der Waals surface area (Å²) in [6.07, 6.45) is 0. The van der Waals surface area contributed by atoms with Gasteiger partial charge in [0.2, 0.25) is 0 Å². The Morgan fingerprint density at radius 2 is 1.95 bits per heavy atom. The minimum absolute atomic E-state index is 0.159. The van der Waals surface area contributed by atoms with Gasteiger partial charge in [0.05, 0.1) is 11.6 Å². The van der Waals surface area contributed by atoms with Gasteiger partial charge >= 0.3 is 12.8 Å². The van der Waals surface area contributed by atoms with E-state index in [0.29, 0.717) is 0 Å². The molecule has 5 nitrogen and oxygen atoms in total. The summed E-state index contributed by atoms with van der Waals surface area (Å²) in [5.74, 6) is -0.385. The molecule has 0 bridgehead atoms. The number of esters is 1. The minimum atomic E-state index is -3.78. The van der Waals surface area contributed by atoms with Crippen molar-refractivity contribution in [2.45, 2.75) is 33.7 Å². The quantitative estimate of drug-likeness (QED) is 0.586. The van der Waals surface area contributed by atoms with Crippen molar-refractivity contribution in [3.8, 4) is 5.75 Å². The van der Waals surface area contributed by atoms with Gasteiger partial charge in [-0.1, -0.05) is 44.5 Å². The van der Waals surface area contributed by atoms with Crippen LogP contribution in [0.1, 0.15) is 27.7 Å². The first kappa shape index (κ1) is 19.3. The number of carbonyl (C=O) groups excluding carboxylic acids is 1. The highest BCUT2D eigenvalue weighted by molar-refractivity contribution is 7.84. The second kappa shape index (κ2) is 7.69. The Bertz CT molecular complexity index is 574. The molecule has 1 rings (SSSR count). The van der Waals surface area contributed by atoms with Crippen LogP contribution in [0.3, 0.4) is 0 Å². The third-order valence-electron chi connectivity index (χ3n) is 2.40. The molecule has 0 spiro atoms. The van der Waals surface area contributed by atoms with Gasteiger partial charge in [0.1, 0.15) is 11.8 Å². The highest BCUT2D eigenvalue weighted by atomic mass is 35.7. The molecule has 2 unspecified atom stereocenters. The number of hydrogen-bond acceptors (Lipinski definition) is 4. The molecule has 0 amide bonds. The van der Waals surface area contributed by atoms with Gasteiger partial charge in [0, 0.05) is 11.2 Å². The van der Waals surface area contributed by atoms with Crippen LogP contribution in [0.25, 0.3) is 0 Å². The SMILES string of the molecule is CC(NP(=O)(Cl)Oc1ccccc1Cl)C(=O)OCC(C)(C)C. The van der Waals surface area contributed by atoms with Crippen LogP contribution in [0.2, 0.25) is 5.02 Å². The van der Waals surface area contributed by atoms with Gasteiger partial charge < -0.3 is 9.26 Å². The minimum Gasteiger partial charge on any atom is -0.464 e. The zero-order valence-electron chi connectivity index (χ0n) is 12.9. The van der Waals surface area contributed by atoms with Crippen molar-refractivity contribution in [1.29, 1.82) is 0 Å². The molecule has 0 aliphatic carbocycles. The first-order valence-corrected chi connectivity index (χ1v) is 9.59. The predicted molar refractivity (Wildman–Crippen MR) is 88.6 cm³/mol. The van der Waals surface area contributed by atoms with Gasteiger partial charge in [-0.2, -0.15) is 0 Å². The summed E-state index contributed by atoms with van der Waals surface area (Å²) in [5.41, 5.74) is -0.159. The van der Waals surface area contributed by atoms with E-state index in [9.17, 15) is 9.36 Å². The smallest absolute Gasteiger partial charge is 0.409 e. The first-order chi connectivity index (χ1) is 10.0.